The van der Waals surface area contributed by atoms with Crippen molar-refractivity contribution in [1.29, 1.82) is 0 Å². The molecule has 0 aromatic heterocycles. The average Bonchev–Trinajstić information content (AvgIpc) is 2.89. The van der Waals surface area contributed by atoms with Crippen LogP contribution in [0.25, 0.3) is 0 Å². The van der Waals surface area contributed by atoms with Crippen LogP contribution in [0.15, 0.2) is 36.4 Å². The van der Waals surface area contributed by atoms with Gasteiger partial charge in [0.1, 0.15) is 0 Å². The van der Waals surface area contributed by atoms with E-state index in [1.54, 1.807) is 0 Å². The third-order valence-corrected chi connectivity index (χ3v) is 4.75. The van der Waals surface area contributed by atoms with Gasteiger partial charge >= 0.3 is 7.12 Å². The van der Waals surface area contributed by atoms with Crippen LogP contribution >= 0.6 is 0 Å². The van der Waals surface area contributed by atoms with E-state index in [1.807, 2.05) is 52.0 Å². The van der Waals surface area contributed by atoms with Crippen LogP contribution in [-0.4, -0.2) is 35.0 Å². The minimum Gasteiger partial charge on any atom is -0.399 e. The minimum atomic E-state index is -0.411. The third-order valence-electron chi connectivity index (χ3n) is 4.75. The Hall–Kier alpha value is -1.92. The van der Waals surface area contributed by atoms with E-state index in [-0.39, 0.29) is 29.6 Å². The summed E-state index contributed by atoms with van der Waals surface area (Å²) in [5.74, 6) is -0.546. The summed E-state index contributed by atoms with van der Waals surface area (Å²) in [7, 11) is -0.411. The molecule has 6 heteroatoms. The second-order valence-corrected chi connectivity index (χ2v) is 6.93. The van der Waals surface area contributed by atoms with Gasteiger partial charge in [0.25, 0.3) is 11.8 Å². The van der Waals surface area contributed by atoms with Crippen LogP contribution in [0.1, 0.15) is 33.3 Å². The van der Waals surface area contributed by atoms with E-state index in [9.17, 15) is 9.59 Å². The molecular formula is C17H20BNO4. The normalized spacial score (nSPS) is 22.3. The van der Waals surface area contributed by atoms with Gasteiger partial charge in [-0.2, -0.15) is 0 Å². The van der Waals surface area contributed by atoms with Crippen molar-refractivity contribution in [3.05, 3.63) is 42.0 Å². The highest BCUT2D eigenvalue weighted by molar-refractivity contribution is 6.62. The van der Waals surface area contributed by atoms with Crippen molar-refractivity contribution in [2.75, 3.05) is 0 Å². The Morgan fingerprint density at radius 3 is 1.87 bits per heavy atom. The van der Waals surface area contributed by atoms with Gasteiger partial charge in [0, 0.05) is 12.2 Å². The molecule has 3 rings (SSSR count). The Morgan fingerprint density at radius 1 is 0.913 bits per heavy atom. The van der Waals surface area contributed by atoms with Crippen LogP contribution < -0.4 is 5.46 Å². The second-order valence-electron chi connectivity index (χ2n) is 6.93. The highest BCUT2D eigenvalue weighted by Gasteiger charge is 2.51. The molecule has 2 aliphatic heterocycles. The number of benzene rings is 1. The maximum atomic E-state index is 11.6. The molecule has 0 unspecified atom stereocenters. The molecule has 1 aromatic rings. The van der Waals surface area contributed by atoms with Gasteiger partial charge in [-0.15, -0.1) is 0 Å². The van der Waals surface area contributed by atoms with Gasteiger partial charge in [-0.1, -0.05) is 24.3 Å². The summed E-state index contributed by atoms with van der Waals surface area (Å²) in [5, 5.41) is 0. The molecule has 0 atom stereocenters. The molecule has 2 aliphatic rings. The smallest absolute Gasteiger partial charge is 0.399 e. The largest absolute Gasteiger partial charge is 0.494 e. The fourth-order valence-corrected chi connectivity index (χ4v) is 2.53. The van der Waals surface area contributed by atoms with Gasteiger partial charge in [0.15, 0.2) is 0 Å². The molecule has 0 radical (unpaired) electrons. The lowest BCUT2D eigenvalue weighted by molar-refractivity contribution is -0.137. The maximum Gasteiger partial charge on any atom is 0.494 e. The number of carbonyl (C=O) groups excluding carboxylic acids is 2. The number of nitrogens with zero attached hydrogens (tertiary/aromatic N) is 1. The molecule has 2 amide bonds. The molecule has 1 fully saturated rings. The predicted octanol–water partition coefficient (Wildman–Crippen LogP) is 1.41. The SMILES string of the molecule is CC1(C)OB(c2ccc(CN3C(=O)C=CC3=O)cc2)OC1(C)C. The lowest BCUT2D eigenvalue weighted by Crippen LogP contribution is -2.41. The summed E-state index contributed by atoms with van der Waals surface area (Å²) in [4.78, 5) is 24.4. The van der Waals surface area contributed by atoms with E-state index in [2.05, 4.69) is 0 Å². The molecule has 0 bridgehead atoms. The average molecular weight is 313 g/mol. The molecule has 120 valence electrons. The quantitative estimate of drug-likeness (QED) is 0.625. The fraction of sp³-hybridized carbons (Fsp3) is 0.412. The monoisotopic (exact) mass is 313 g/mol. The Bertz CT molecular complexity index is 644. The van der Waals surface area contributed by atoms with Crippen molar-refractivity contribution >= 4 is 24.4 Å². The van der Waals surface area contributed by atoms with Crippen LogP contribution in [0.5, 0.6) is 0 Å². The first-order chi connectivity index (χ1) is 10.7. The zero-order chi connectivity index (χ0) is 16.8. The van der Waals surface area contributed by atoms with E-state index in [1.165, 1.54) is 17.1 Å². The second kappa shape index (κ2) is 5.32. The minimum absolute atomic E-state index is 0.272. The highest BCUT2D eigenvalue weighted by atomic mass is 16.7. The number of imide groups is 1. The van der Waals surface area contributed by atoms with Gasteiger partial charge in [-0.05, 0) is 38.7 Å². The summed E-state index contributed by atoms with van der Waals surface area (Å²) in [6.07, 6.45) is 2.59. The van der Waals surface area contributed by atoms with E-state index in [0.717, 1.165) is 11.0 Å². The van der Waals surface area contributed by atoms with Crippen molar-refractivity contribution in [3.8, 4) is 0 Å². The molecule has 23 heavy (non-hydrogen) atoms. The number of carbonyl (C=O) groups is 2. The summed E-state index contributed by atoms with van der Waals surface area (Å²) < 4.78 is 12.0. The van der Waals surface area contributed by atoms with Crippen LogP contribution in [0.4, 0.5) is 0 Å². The summed E-state index contributed by atoms with van der Waals surface area (Å²) in [6, 6.07) is 7.60. The predicted molar refractivity (Wildman–Crippen MR) is 86.9 cm³/mol. The van der Waals surface area contributed by atoms with Crippen molar-refractivity contribution in [3.63, 3.8) is 0 Å². The number of amides is 2. The van der Waals surface area contributed by atoms with E-state index < -0.39 is 7.12 Å². The molecule has 0 saturated carbocycles. The lowest BCUT2D eigenvalue weighted by atomic mass is 9.79. The zero-order valence-electron chi connectivity index (χ0n) is 13.8. The molecular weight excluding hydrogens is 293 g/mol. The van der Waals surface area contributed by atoms with Crippen molar-refractivity contribution in [2.24, 2.45) is 0 Å². The zero-order valence-corrected chi connectivity index (χ0v) is 13.8. The van der Waals surface area contributed by atoms with Gasteiger partial charge in [0.2, 0.25) is 0 Å². The van der Waals surface area contributed by atoms with Crippen molar-refractivity contribution in [1.82, 2.24) is 4.90 Å². The highest BCUT2D eigenvalue weighted by Crippen LogP contribution is 2.36. The fourth-order valence-electron chi connectivity index (χ4n) is 2.53. The van der Waals surface area contributed by atoms with E-state index in [4.69, 9.17) is 9.31 Å². The Labute approximate surface area is 136 Å². The van der Waals surface area contributed by atoms with Gasteiger partial charge < -0.3 is 9.31 Å². The van der Waals surface area contributed by atoms with Crippen molar-refractivity contribution < 1.29 is 18.9 Å². The molecule has 5 nitrogen and oxygen atoms in total. The first-order valence-corrected chi connectivity index (χ1v) is 7.68. The number of rotatable bonds is 3. The molecule has 2 heterocycles. The third kappa shape index (κ3) is 2.84. The number of hydrogen-bond acceptors (Lipinski definition) is 4. The first-order valence-electron chi connectivity index (χ1n) is 7.68. The van der Waals surface area contributed by atoms with E-state index >= 15 is 0 Å². The molecule has 0 N–H and O–H groups in total. The standard InChI is InChI=1S/C17H20BNO4/c1-16(2)17(3,4)23-18(22-16)13-7-5-12(6-8-13)11-19-14(20)9-10-15(19)21/h5-10H,11H2,1-4H3. The van der Waals surface area contributed by atoms with Crippen LogP contribution in [0.2, 0.25) is 0 Å². The van der Waals surface area contributed by atoms with Crippen LogP contribution in [0, 0.1) is 0 Å². The summed E-state index contributed by atoms with van der Waals surface area (Å²) >= 11 is 0. The van der Waals surface area contributed by atoms with Gasteiger partial charge in [-0.3, -0.25) is 14.5 Å². The Kier molecular flexibility index (Phi) is 3.69. The Morgan fingerprint density at radius 2 is 1.39 bits per heavy atom. The maximum absolute atomic E-state index is 11.6. The van der Waals surface area contributed by atoms with Gasteiger partial charge in [-0.25, -0.2) is 0 Å². The first kappa shape index (κ1) is 16.0. The van der Waals surface area contributed by atoms with Crippen molar-refractivity contribution in [2.45, 2.75) is 45.4 Å². The topological polar surface area (TPSA) is 55.8 Å². The van der Waals surface area contributed by atoms with Crippen LogP contribution in [-0.2, 0) is 25.4 Å². The molecule has 0 aliphatic carbocycles. The lowest BCUT2D eigenvalue weighted by Gasteiger charge is -2.32. The summed E-state index contributed by atoms with van der Waals surface area (Å²) in [6.45, 7) is 8.32. The molecule has 0 spiro atoms. The molecule has 1 saturated heterocycles. The summed E-state index contributed by atoms with van der Waals surface area (Å²) in [5.41, 5.74) is 1.05. The number of hydrogen-bond donors (Lipinski definition) is 0. The van der Waals surface area contributed by atoms with Gasteiger partial charge in [0.05, 0.1) is 17.7 Å². The molecule has 1 aromatic carbocycles. The Balaban J connectivity index is 1.71. The van der Waals surface area contributed by atoms with E-state index in [0.29, 0.717) is 0 Å². The van der Waals surface area contributed by atoms with Crippen LogP contribution in [0.3, 0.4) is 0 Å².